The van der Waals surface area contributed by atoms with E-state index in [1.165, 1.54) is 74.5 Å². The van der Waals surface area contributed by atoms with E-state index in [4.69, 9.17) is 9.97 Å². The van der Waals surface area contributed by atoms with E-state index in [0.717, 1.165) is 28.4 Å². The van der Waals surface area contributed by atoms with Crippen LogP contribution in [0, 0.1) is 18.1 Å². The van der Waals surface area contributed by atoms with Crippen molar-refractivity contribution >= 4 is 44.8 Å². The molecule has 1 aliphatic rings. The molecule has 0 unspecified atom stereocenters. The van der Waals surface area contributed by atoms with Gasteiger partial charge in [0.25, 0.3) is 0 Å². The van der Waals surface area contributed by atoms with Crippen LogP contribution in [0.3, 0.4) is 0 Å². The van der Waals surface area contributed by atoms with Crippen molar-refractivity contribution in [2.45, 2.75) is 51.7 Å². The Morgan fingerprint density at radius 1 is 0.648 bits per heavy atom. The van der Waals surface area contributed by atoms with E-state index in [1.54, 1.807) is 10.8 Å². The Bertz CT molecular complexity index is 2470. The van der Waals surface area contributed by atoms with E-state index in [0.29, 0.717) is 0 Å². The fourth-order valence-corrected chi connectivity index (χ4v) is 10.7. The van der Waals surface area contributed by atoms with Gasteiger partial charge in [-0.25, -0.2) is 0 Å². The molecule has 54 heavy (non-hydrogen) atoms. The van der Waals surface area contributed by atoms with Crippen molar-refractivity contribution in [2.24, 2.45) is 5.92 Å². The first-order valence-electron chi connectivity index (χ1n) is 18.8. The zero-order valence-corrected chi connectivity index (χ0v) is 35.3. The van der Waals surface area contributed by atoms with Crippen molar-refractivity contribution < 1.29 is 20.1 Å². The van der Waals surface area contributed by atoms with Crippen molar-refractivity contribution in [2.75, 3.05) is 0 Å². The van der Waals surface area contributed by atoms with Gasteiger partial charge in [0, 0.05) is 37.2 Å². The Kier molecular flexibility index (Phi) is 11.8. The molecule has 1 radical (unpaired) electrons. The summed E-state index contributed by atoms with van der Waals surface area (Å²) in [5, 5.41) is 4.09. The third kappa shape index (κ3) is 8.26. The molecule has 5 aromatic carbocycles. The Hall–Kier alpha value is -4.51. The molecule has 1 fully saturated rings. The summed E-state index contributed by atoms with van der Waals surface area (Å²) in [6.07, 6.45) is 10.9. The second-order valence-corrected chi connectivity index (χ2v) is 21.2. The molecule has 2 nitrogen and oxygen atoms in total. The van der Waals surface area contributed by atoms with Gasteiger partial charge in [-0.05, 0) is 67.3 Å². The van der Waals surface area contributed by atoms with Crippen molar-refractivity contribution in [3.63, 3.8) is 0 Å². The summed E-state index contributed by atoms with van der Waals surface area (Å²) < 4.78 is 2.54. The first kappa shape index (κ1) is 37.8. The molecule has 1 aliphatic carbocycles. The van der Waals surface area contributed by atoms with Crippen molar-refractivity contribution in [1.82, 2.24) is 9.97 Å². The topological polar surface area (TPSA) is 25.8 Å². The van der Waals surface area contributed by atoms with Crippen LogP contribution < -0.4 is 5.19 Å². The second-order valence-electron chi connectivity index (χ2n) is 15.1. The molecule has 0 aliphatic heterocycles. The van der Waals surface area contributed by atoms with E-state index in [-0.39, 0.29) is 20.1 Å². The standard InChI is InChI=1S/C29H18NS.C20H26NSi.Ir/c1-3-9-20(10-4-1)22-17-18-30-27(19-22)26-16-8-15-25-24-14-7-13-23(28(24)31-29(25)26)21-11-5-2-6-12-21;1-22(2,3)20-15-21-19(17-11-5-4-6-12-17)14-18(20)13-16-9-7-8-10-16;/h1-15,17-19H;4-6,11,14-16H,7-10,13H2,1-3H3;/q2*-1;. The van der Waals surface area contributed by atoms with Crippen LogP contribution >= 0.6 is 11.3 Å². The zero-order valence-electron chi connectivity index (χ0n) is 31.1. The summed E-state index contributed by atoms with van der Waals surface area (Å²) in [5.74, 6) is 0.880. The predicted octanol–water partition coefficient (Wildman–Crippen LogP) is 13.1. The number of nitrogens with zero attached hydrogens (tertiary/aromatic N) is 2. The Morgan fingerprint density at radius 3 is 2.09 bits per heavy atom. The zero-order chi connectivity index (χ0) is 36.2. The summed E-state index contributed by atoms with van der Waals surface area (Å²) in [4.78, 5) is 9.47. The van der Waals surface area contributed by atoms with Crippen molar-refractivity contribution in [3.05, 3.63) is 164 Å². The quantitative estimate of drug-likeness (QED) is 0.118. The Balaban J connectivity index is 0.000000174. The van der Waals surface area contributed by atoms with E-state index >= 15 is 0 Å². The summed E-state index contributed by atoms with van der Waals surface area (Å²) >= 11 is 1.84. The SMILES string of the molecule is C[Si](C)(C)c1cnc(-c2[c-]cccc2)cc1CC1CCCC1.[Ir].[c-]1ccc2c(sc3c(-c4ccccc4)cccc32)c1-c1cc(-c2ccccc2)ccn1. The van der Waals surface area contributed by atoms with Gasteiger partial charge >= 0.3 is 0 Å². The molecule has 9 rings (SSSR count). The maximum Gasteiger partial charge on any atom is 0.0798 e. The molecule has 3 heterocycles. The number of hydrogen-bond acceptors (Lipinski definition) is 3. The molecule has 0 saturated heterocycles. The smallest absolute Gasteiger partial charge is 0.0798 e. The molecule has 0 N–H and O–H groups in total. The van der Waals surface area contributed by atoms with Gasteiger partial charge in [-0.1, -0.05) is 147 Å². The van der Waals surface area contributed by atoms with Crippen molar-refractivity contribution in [3.8, 4) is 44.8 Å². The van der Waals surface area contributed by atoms with Gasteiger partial charge in [-0.2, -0.15) is 11.3 Å². The monoisotopic (exact) mass is 913 g/mol. The molecule has 0 spiro atoms. The van der Waals surface area contributed by atoms with Gasteiger partial charge in [0.2, 0.25) is 0 Å². The fourth-order valence-electron chi connectivity index (χ4n) is 7.74. The van der Waals surface area contributed by atoms with Crippen LogP contribution in [0.25, 0.3) is 64.9 Å². The van der Waals surface area contributed by atoms with E-state index in [2.05, 4.69) is 147 Å². The summed E-state index contributed by atoms with van der Waals surface area (Å²) in [6.45, 7) is 7.28. The summed E-state index contributed by atoms with van der Waals surface area (Å²) in [5.41, 5.74) is 10.6. The van der Waals surface area contributed by atoms with Gasteiger partial charge in [0.1, 0.15) is 0 Å². The Labute approximate surface area is 338 Å². The van der Waals surface area contributed by atoms with Gasteiger partial charge < -0.3 is 9.97 Å². The largest absolute Gasteiger partial charge is 0.305 e. The average Bonchev–Trinajstić information content (AvgIpc) is 3.87. The number of hydrogen-bond donors (Lipinski definition) is 0. The first-order chi connectivity index (χ1) is 25.9. The molecule has 0 amide bonds. The van der Waals surface area contributed by atoms with E-state index in [1.807, 2.05) is 41.8 Å². The molecule has 3 aromatic heterocycles. The number of pyridine rings is 2. The van der Waals surface area contributed by atoms with Crippen LogP contribution in [-0.2, 0) is 26.5 Å². The minimum absolute atomic E-state index is 0. The normalized spacial score (nSPS) is 13.0. The van der Waals surface area contributed by atoms with Crippen LogP contribution in [-0.4, -0.2) is 18.0 Å². The van der Waals surface area contributed by atoms with E-state index < -0.39 is 8.07 Å². The maximum absolute atomic E-state index is 4.75. The van der Waals surface area contributed by atoms with Crippen LogP contribution in [0.15, 0.2) is 146 Å². The average molecular weight is 913 g/mol. The molecule has 8 aromatic rings. The van der Waals surface area contributed by atoms with Gasteiger partial charge in [0.15, 0.2) is 0 Å². The number of rotatable bonds is 7. The minimum Gasteiger partial charge on any atom is -0.305 e. The van der Waals surface area contributed by atoms with Crippen LogP contribution in [0.1, 0.15) is 31.2 Å². The third-order valence-corrected chi connectivity index (χ3v) is 13.8. The summed E-state index contributed by atoms with van der Waals surface area (Å²) in [6, 6.07) is 53.4. The molecule has 0 bridgehead atoms. The predicted molar refractivity (Wildman–Crippen MR) is 229 cm³/mol. The van der Waals surface area contributed by atoms with Gasteiger partial charge in [-0.3, -0.25) is 0 Å². The molecule has 271 valence electrons. The number of aromatic nitrogens is 2. The van der Waals surface area contributed by atoms with Crippen molar-refractivity contribution in [1.29, 1.82) is 0 Å². The third-order valence-electron chi connectivity index (χ3n) is 10.4. The number of thiophene rings is 1. The first-order valence-corrected chi connectivity index (χ1v) is 23.1. The van der Waals surface area contributed by atoms with Crippen LogP contribution in [0.5, 0.6) is 0 Å². The number of fused-ring (bicyclic) bond motifs is 3. The summed E-state index contributed by atoms with van der Waals surface area (Å²) in [7, 11) is -1.35. The van der Waals surface area contributed by atoms with Crippen LogP contribution in [0.4, 0.5) is 0 Å². The van der Waals surface area contributed by atoms with E-state index in [9.17, 15) is 0 Å². The maximum atomic E-state index is 4.75. The molecular weight excluding hydrogens is 869 g/mol. The minimum atomic E-state index is -1.35. The molecular formula is C49H44IrN2SSi-2. The number of benzene rings is 5. The Morgan fingerprint density at radius 2 is 1.37 bits per heavy atom. The fraction of sp³-hybridized carbons (Fsp3) is 0.184. The van der Waals surface area contributed by atoms with Crippen LogP contribution in [0.2, 0.25) is 19.6 Å². The van der Waals surface area contributed by atoms with Gasteiger partial charge in [0.05, 0.1) is 8.07 Å². The van der Waals surface area contributed by atoms with Gasteiger partial charge in [-0.15, -0.1) is 59.7 Å². The molecule has 0 atom stereocenters. The molecule has 5 heteroatoms. The second kappa shape index (κ2) is 16.9. The molecule has 1 saturated carbocycles.